The van der Waals surface area contributed by atoms with Crippen LogP contribution in [0.2, 0.25) is 0 Å². The van der Waals surface area contributed by atoms with Gasteiger partial charge >= 0.3 is 5.97 Å². The van der Waals surface area contributed by atoms with E-state index in [4.69, 9.17) is 5.11 Å². The van der Waals surface area contributed by atoms with Crippen LogP contribution >= 0.6 is 0 Å². The second-order valence-corrected chi connectivity index (χ2v) is 4.60. The monoisotopic (exact) mass is 273 g/mol. The Labute approximate surface area is 113 Å². The van der Waals surface area contributed by atoms with Crippen molar-refractivity contribution in [1.82, 2.24) is 14.7 Å². The van der Waals surface area contributed by atoms with Crippen molar-refractivity contribution in [3.05, 3.63) is 35.9 Å². The number of aromatic carboxylic acids is 1. The predicted molar refractivity (Wildman–Crippen MR) is 67.3 cm³/mol. The predicted octanol–water partition coefficient (Wildman–Crippen LogP) is 0.553. The third-order valence-electron chi connectivity index (χ3n) is 3.38. The van der Waals surface area contributed by atoms with E-state index < -0.39 is 17.8 Å². The Bertz CT molecular complexity index is 734. The maximum atomic E-state index is 11.9. The number of carboxylic acids is 1. The first-order valence-corrected chi connectivity index (χ1v) is 6.11. The molecule has 1 fully saturated rings. The molecule has 0 aromatic carbocycles. The van der Waals surface area contributed by atoms with Crippen molar-refractivity contribution < 1.29 is 19.5 Å². The molecule has 0 radical (unpaired) electrons. The summed E-state index contributed by atoms with van der Waals surface area (Å²) >= 11 is 0. The van der Waals surface area contributed by atoms with Gasteiger partial charge in [-0.2, -0.15) is 0 Å². The molecule has 2 aromatic rings. The van der Waals surface area contributed by atoms with Crippen molar-refractivity contribution in [2.24, 2.45) is 0 Å². The molecule has 1 unspecified atom stereocenters. The van der Waals surface area contributed by atoms with Crippen molar-refractivity contribution in [2.75, 3.05) is 0 Å². The molecule has 2 N–H and O–H groups in total. The lowest BCUT2D eigenvalue weighted by atomic mass is 9.97. The summed E-state index contributed by atoms with van der Waals surface area (Å²) in [6.45, 7) is 0. The minimum Gasteiger partial charge on any atom is -0.478 e. The number of pyridine rings is 1. The number of fused-ring (bicyclic) bond motifs is 1. The second-order valence-electron chi connectivity index (χ2n) is 4.60. The summed E-state index contributed by atoms with van der Waals surface area (Å²) in [5.74, 6) is -1.83. The van der Waals surface area contributed by atoms with Gasteiger partial charge in [0.2, 0.25) is 11.8 Å². The van der Waals surface area contributed by atoms with Crippen molar-refractivity contribution >= 4 is 23.3 Å². The van der Waals surface area contributed by atoms with E-state index in [0.717, 1.165) is 0 Å². The molecule has 3 heterocycles. The number of nitrogens with one attached hydrogen (secondary N) is 1. The number of rotatable bonds is 2. The molecule has 0 aliphatic carbocycles. The number of aromatic nitrogens is 2. The highest BCUT2D eigenvalue weighted by Crippen LogP contribution is 2.25. The van der Waals surface area contributed by atoms with Crippen molar-refractivity contribution in [2.45, 2.75) is 18.8 Å². The zero-order valence-electron chi connectivity index (χ0n) is 10.4. The molecular weight excluding hydrogens is 262 g/mol. The third kappa shape index (κ3) is 1.83. The van der Waals surface area contributed by atoms with E-state index in [2.05, 4.69) is 10.3 Å². The molecule has 3 rings (SSSR count). The van der Waals surface area contributed by atoms with E-state index in [0.29, 0.717) is 17.8 Å². The number of imidazole rings is 1. The minimum atomic E-state index is -1.05. The van der Waals surface area contributed by atoms with Crippen LogP contribution in [-0.4, -0.2) is 32.3 Å². The van der Waals surface area contributed by atoms with Crippen LogP contribution < -0.4 is 5.32 Å². The third-order valence-corrected chi connectivity index (χ3v) is 3.38. The molecule has 2 amide bonds. The van der Waals surface area contributed by atoms with Gasteiger partial charge in [0.05, 0.1) is 23.2 Å². The van der Waals surface area contributed by atoms with Gasteiger partial charge < -0.3 is 9.51 Å². The van der Waals surface area contributed by atoms with Gasteiger partial charge in [-0.15, -0.1) is 0 Å². The molecule has 1 atom stereocenters. The Kier molecular flexibility index (Phi) is 2.74. The van der Waals surface area contributed by atoms with E-state index in [-0.39, 0.29) is 17.9 Å². The van der Waals surface area contributed by atoms with E-state index in [1.54, 1.807) is 16.7 Å². The molecule has 1 saturated heterocycles. The summed E-state index contributed by atoms with van der Waals surface area (Å²) in [5.41, 5.74) is 0.554. The fourth-order valence-corrected chi connectivity index (χ4v) is 2.42. The van der Waals surface area contributed by atoms with Gasteiger partial charge in [0.15, 0.2) is 0 Å². The highest BCUT2D eigenvalue weighted by molar-refractivity contribution is 6.01. The fraction of sp³-hybridized carbons (Fsp3) is 0.231. The molecule has 7 nitrogen and oxygen atoms in total. The van der Waals surface area contributed by atoms with Gasteiger partial charge in [0.1, 0.15) is 5.82 Å². The van der Waals surface area contributed by atoms with Gasteiger partial charge in [-0.3, -0.25) is 14.9 Å². The van der Waals surface area contributed by atoms with Gasteiger partial charge in [-0.05, 0) is 18.6 Å². The van der Waals surface area contributed by atoms with Gasteiger partial charge in [0.25, 0.3) is 0 Å². The Balaban J connectivity index is 2.09. The molecule has 0 saturated carbocycles. The summed E-state index contributed by atoms with van der Waals surface area (Å²) in [4.78, 5) is 38.3. The number of amides is 2. The van der Waals surface area contributed by atoms with Crippen LogP contribution in [0.4, 0.5) is 0 Å². The number of nitrogens with zero attached hydrogens (tertiary/aromatic N) is 2. The van der Waals surface area contributed by atoms with E-state index >= 15 is 0 Å². The molecule has 0 spiro atoms. The smallest absolute Gasteiger partial charge is 0.337 e. The Morgan fingerprint density at radius 1 is 1.45 bits per heavy atom. The largest absolute Gasteiger partial charge is 0.478 e. The van der Waals surface area contributed by atoms with Crippen LogP contribution in [0.3, 0.4) is 0 Å². The lowest BCUT2D eigenvalue weighted by Crippen LogP contribution is -2.40. The lowest BCUT2D eigenvalue weighted by Gasteiger charge is -2.19. The SMILES string of the molecule is O=C1CCC(c2ncc3c(C(=O)O)cccn23)C(=O)N1. The van der Waals surface area contributed by atoms with Crippen LogP contribution in [0.15, 0.2) is 24.5 Å². The normalized spacial score (nSPS) is 19.1. The first kappa shape index (κ1) is 12.3. The first-order chi connectivity index (χ1) is 9.58. The van der Waals surface area contributed by atoms with Gasteiger partial charge in [-0.1, -0.05) is 0 Å². The molecule has 102 valence electrons. The summed E-state index contributed by atoms with van der Waals surface area (Å²) in [6.07, 6.45) is 3.72. The number of carboxylic acid groups (broad SMARTS) is 1. The second kappa shape index (κ2) is 4.44. The zero-order chi connectivity index (χ0) is 14.3. The zero-order valence-corrected chi connectivity index (χ0v) is 10.4. The van der Waals surface area contributed by atoms with E-state index in [1.807, 2.05) is 0 Å². The van der Waals surface area contributed by atoms with Crippen LogP contribution in [0.25, 0.3) is 5.52 Å². The topological polar surface area (TPSA) is 101 Å². The standard InChI is InChI=1S/C13H11N3O4/c17-10-4-3-8(12(18)15-10)11-14-6-9-7(13(19)20)2-1-5-16(9)11/h1-2,5-6,8H,3-4H2,(H,19,20)(H,15,17,18). The maximum Gasteiger partial charge on any atom is 0.337 e. The maximum absolute atomic E-state index is 11.9. The van der Waals surface area contributed by atoms with Crippen LogP contribution in [-0.2, 0) is 9.59 Å². The Hall–Kier alpha value is -2.70. The summed E-state index contributed by atoms with van der Waals surface area (Å²) < 4.78 is 1.59. The van der Waals surface area contributed by atoms with Crippen molar-refractivity contribution in [3.8, 4) is 0 Å². The number of imide groups is 1. The van der Waals surface area contributed by atoms with Crippen molar-refractivity contribution in [1.29, 1.82) is 0 Å². The van der Waals surface area contributed by atoms with Gasteiger partial charge in [-0.25, -0.2) is 9.78 Å². The summed E-state index contributed by atoms with van der Waals surface area (Å²) in [5, 5.41) is 11.4. The molecule has 0 bridgehead atoms. The first-order valence-electron chi connectivity index (χ1n) is 6.11. The van der Waals surface area contributed by atoms with E-state index in [9.17, 15) is 14.4 Å². The van der Waals surface area contributed by atoms with Crippen molar-refractivity contribution in [3.63, 3.8) is 0 Å². The number of hydrogen-bond acceptors (Lipinski definition) is 4. The quantitative estimate of drug-likeness (QED) is 0.778. The molecule has 1 aliphatic heterocycles. The number of hydrogen-bond donors (Lipinski definition) is 2. The number of carbonyl (C=O) groups is 3. The van der Waals surface area contributed by atoms with Crippen LogP contribution in [0.1, 0.15) is 34.9 Å². The van der Waals surface area contributed by atoms with Crippen LogP contribution in [0, 0.1) is 0 Å². The molecule has 7 heteroatoms. The Morgan fingerprint density at radius 3 is 2.95 bits per heavy atom. The van der Waals surface area contributed by atoms with E-state index in [1.165, 1.54) is 12.3 Å². The Morgan fingerprint density at radius 2 is 2.25 bits per heavy atom. The molecular formula is C13H11N3O4. The number of piperidine rings is 1. The highest BCUT2D eigenvalue weighted by atomic mass is 16.4. The lowest BCUT2D eigenvalue weighted by molar-refractivity contribution is -0.134. The van der Waals surface area contributed by atoms with Crippen LogP contribution in [0.5, 0.6) is 0 Å². The minimum absolute atomic E-state index is 0.124. The average Bonchev–Trinajstić information content (AvgIpc) is 2.82. The number of carbonyl (C=O) groups excluding carboxylic acids is 2. The highest BCUT2D eigenvalue weighted by Gasteiger charge is 2.31. The summed E-state index contributed by atoms with van der Waals surface area (Å²) in [6, 6.07) is 3.07. The average molecular weight is 273 g/mol. The van der Waals surface area contributed by atoms with Gasteiger partial charge in [0, 0.05) is 12.6 Å². The molecule has 20 heavy (non-hydrogen) atoms. The summed E-state index contributed by atoms with van der Waals surface area (Å²) in [7, 11) is 0. The molecule has 1 aliphatic rings. The fourth-order valence-electron chi connectivity index (χ4n) is 2.42. The molecule has 2 aromatic heterocycles.